The van der Waals surface area contributed by atoms with Crippen molar-refractivity contribution in [1.29, 1.82) is 5.26 Å². The molecule has 0 bridgehead atoms. The molecule has 1 aromatic rings. The first-order chi connectivity index (χ1) is 9.26. The maximum atomic E-state index is 11.0. The van der Waals surface area contributed by atoms with Crippen molar-refractivity contribution >= 4 is 21.6 Å². The molecule has 0 aliphatic heterocycles. The summed E-state index contributed by atoms with van der Waals surface area (Å²) in [5.74, 6) is 0.258. The van der Waals surface area contributed by atoms with Gasteiger partial charge in [-0.05, 0) is 38.3 Å². The van der Waals surface area contributed by atoms with Gasteiger partial charge in [-0.25, -0.2) is 0 Å². The Morgan fingerprint density at radius 1 is 1.60 bits per heavy atom. The maximum Gasteiger partial charge on any atom is 0.312 e. The van der Waals surface area contributed by atoms with Gasteiger partial charge in [-0.3, -0.25) is 10.1 Å². The summed E-state index contributed by atoms with van der Waals surface area (Å²) < 4.78 is 6.13. The first-order valence-corrected chi connectivity index (χ1v) is 6.83. The van der Waals surface area contributed by atoms with Crippen LogP contribution in [-0.2, 0) is 0 Å². The summed E-state index contributed by atoms with van der Waals surface area (Å²) in [6, 6.07) is 5.16. The highest BCUT2D eigenvalue weighted by molar-refractivity contribution is 9.10. The number of hydrogen-bond donors (Lipinski definition) is 1. The Kier molecular flexibility index (Phi) is 5.48. The highest BCUT2D eigenvalue weighted by Crippen LogP contribution is 2.34. The van der Waals surface area contributed by atoms with Crippen molar-refractivity contribution < 1.29 is 9.66 Å². The fourth-order valence-corrected chi connectivity index (χ4v) is 2.27. The lowest BCUT2D eigenvalue weighted by Gasteiger charge is -2.15. The highest BCUT2D eigenvalue weighted by Gasteiger charge is 2.20. The molecule has 108 valence electrons. The Hall–Kier alpha value is -1.65. The van der Waals surface area contributed by atoms with Crippen LogP contribution in [0.3, 0.4) is 0 Å². The van der Waals surface area contributed by atoms with E-state index in [9.17, 15) is 10.1 Å². The van der Waals surface area contributed by atoms with Crippen LogP contribution in [0.1, 0.15) is 25.3 Å². The third-order valence-corrected chi connectivity index (χ3v) is 3.22. The van der Waals surface area contributed by atoms with E-state index in [0.717, 1.165) is 0 Å². The summed E-state index contributed by atoms with van der Waals surface area (Å²) in [4.78, 5) is 10.5. The molecular weight excluding hydrogens is 326 g/mol. The van der Waals surface area contributed by atoms with Gasteiger partial charge >= 0.3 is 5.69 Å². The number of nitrogens with two attached hydrogens (primary N) is 1. The van der Waals surface area contributed by atoms with E-state index < -0.39 is 10.5 Å². The van der Waals surface area contributed by atoms with E-state index in [1.165, 1.54) is 6.07 Å². The first-order valence-electron chi connectivity index (χ1n) is 6.04. The molecule has 20 heavy (non-hydrogen) atoms. The average molecular weight is 342 g/mol. The molecule has 1 aromatic carbocycles. The predicted molar refractivity (Wildman–Crippen MR) is 78.5 cm³/mol. The van der Waals surface area contributed by atoms with Gasteiger partial charge in [0.25, 0.3) is 0 Å². The van der Waals surface area contributed by atoms with Crippen molar-refractivity contribution in [2.75, 3.05) is 6.61 Å². The quantitative estimate of drug-likeness (QED) is 0.486. The van der Waals surface area contributed by atoms with Gasteiger partial charge in [0.2, 0.25) is 0 Å². The number of nitriles is 1. The van der Waals surface area contributed by atoms with Gasteiger partial charge < -0.3 is 10.5 Å². The Morgan fingerprint density at radius 2 is 2.25 bits per heavy atom. The van der Waals surface area contributed by atoms with Crippen LogP contribution in [0.25, 0.3) is 0 Å². The van der Waals surface area contributed by atoms with Gasteiger partial charge in [-0.15, -0.1) is 0 Å². The number of hydrogen-bond acceptors (Lipinski definition) is 5. The van der Waals surface area contributed by atoms with Crippen molar-refractivity contribution in [2.45, 2.75) is 32.2 Å². The van der Waals surface area contributed by atoms with Gasteiger partial charge in [0, 0.05) is 10.5 Å². The minimum atomic E-state index is -0.899. The summed E-state index contributed by atoms with van der Waals surface area (Å²) in [6.07, 6.45) is 1.01. The molecule has 0 saturated carbocycles. The number of benzene rings is 1. The Balaban J connectivity index is 2.74. The second kappa shape index (κ2) is 6.68. The van der Waals surface area contributed by atoms with E-state index in [1.54, 1.807) is 19.9 Å². The summed E-state index contributed by atoms with van der Waals surface area (Å²) in [5, 5.41) is 19.8. The second-order valence-corrected chi connectivity index (χ2v) is 5.73. The number of halogens is 1. The van der Waals surface area contributed by atoms with Crippen LogP contribution in [0.2, 0.25) is 0 Å². The van der Waals surface area contributed by atoms with Crippen LogP contribution < -0.4 is 10.5 Å². The zero-order valence-corrected chi connectivity index (χ0v) is 12.9. The molecule has 0 aliphatic carbocycles. The fourth-order valence-electron chi connectivity index (χ4n) is 1.71. The number of ether oxygens (including phenoxy) is 1. The van der Waals surface area contributed by atoms with Crippen LogP contribution in [0.15, 0.2) is 16.6 Å². The molecule has 0 radical (unpaired) electrons. The van der Waals surface area contributed by atoms with E-state index in [1.807, 2.05) is 6.07 Å². The molecule has 1 unspecified atom stereocenters. The first kappa shape index (κ1) is 16.4. The summed E-state index contributed by atoms with van der Waals surface area (Å²) >= 11 is 3.22. The van der Waals surface area contributed by atoms with Gasteiger partial charge in [0.15, 0.2) is 5.75 Å². The standard InChI is InChI=1S/C13H16BrN3O3/c1-9-6-10(14)7-11(17(18)19)12(9)20-5-3-4-13(2,16)8-15/h6-7H,3-5,16H2,1-2H3. The molecule has 0 saturated heterocycles. The average Bonchev–Trinajstić information content (AvgIpc) is 2.35. The van der Waals surface area contributed by atoms with Gasteiger partial charge in [-0.2, -0.15) is 5.26 Å². The number of aryl methyl sites for hydroxylation is 1. The molecule has 7 heteroatoms. The molecule has 2 N–H and O–H groups in total. The maximum absolute atomic E-state index is 11.0. The molecule has 6 nitrogen and oxygen atoms in total. The molecule has 0 spiro atoms. The minimum absolute atomic E-state index is 0.0762. The zero-order chi connectivity index (χ0) is 15.3. The molecule has 0 amide bonds. The van der Waals surface area contributed by atoms with Crippen molar-refractivity contribution in [3.63, 3.8) is 0 Å². The molecule has 0 fully saturated rings. The molecule has 1 atom stereocenters. The monoisotopic (exact) mass is 341 g/mol. The number of nitro benzene ring substituents is 1. The number of nitrogens with zero attached hydrogens (tertiary/aromatic N) is 2. The summed E-state index contributed by atoms with van der Waals surface area (Å²) in [7, 11) is 0. The van der Waals surface area contributed by atoms with Crippen LogP contribution in [0, 0.1) is 28.4 Å². The van der Waals surface area contributed by atoms with Gasteiger partial charge in [0.1, 0.15) is 5.54 Å². The van der Waals surface area contributed by atoms with Crippen LogP contribution in [0.4, 0.5) is 5.69 Å². The largest absolute Gasteiger partial charge is 0.487 e. The number of rotatable bonds is 6. The van der Waals surface area contributed by atoms with E-state index in [2.05, 4.69) is 15.9 Å². The smallest absolute Gasteiger partial charge is 0.312 e. The van der Waals surface area contributed by atoms with E-state index >= 15 is 0 Å². The summed E-state index contributed by atoms with van der Waals surface area (Å²) in [6.45, 7) is 3.66. The van der Waals surface area contributed by atoms with Crippen molar-refractivity contribution in [2.24, 2.45) is 5.73 Å². The Morgan fingerprint density at radius 3 is 2.80 bits per heavy atom. The molecular formula is C13H16BrN3O3. The highest BCUT2D eigenvalue weighted by atomic mass is 79.9. The SMILES string of the molecule is Cc1cc(Br)cc([N+](=O)[O-])c1OCCCC(C)(N)C#N. The van der Waals surface area contributed by atoms with Crippen LogP contribution in [-0.4, -0.2) is 17.1 Å². The lowest BCUT2D eigenvalue weighted by molar-refractivity contribution is -0.386. The van der Waals surface area contributed by atoms with Gasteiger partial charge in [0.05, 0.1) is 17.6 Å². The molecule has 0 aliphatic rings. The third kappa shape index (κ3) is 4.47. The van der Waals surface area contributed by atoms with Crippen LogP contribution in [0.5, 0.6) is 5.75 Å². The van der Waals surface area contributed by atoms with Crippen LogP contribution >= 0.6 is 15.9 Å². The zero-order valence-electron chi connectivity index (χ0n) is 11.4. The topological polar surface area (TPSA) is 102 Å². The lowest BCUT2D eigenvalue weighted by atomic mass is 10.00. The van der Waals surface area contributed by atoms with Crippen molar-refractivity contribution in [3.05, 3.63) is 32.3 Å². The second-order valence-electron chi connectivity index (χ2n) is 4.81. The molecule has 0 aromatic heterocycles. The number of nitro groups is 1. The third-order valence-electron chi connectivity index (χ3n) is 2.76. The fraction of sp³-hybridized carbons (Fsp3) is 0.462. The van der Waals surface area contributed by atoms with E-state index in [-0.39, 0.29) is 18.0 Å². The normalized spacial score (nSPS) is 13.3. The Labute approximate surface area is 125 Å². The summed E-state index contributed by atoms with van der Waals surface area (Å²) in [5.41, 5.74) is 5.40. The van der Waals surface area contributed by atoms with E-state index in [4.69, 9.17) is 15.7 Å². The Bertz CT molecular complexity index is 553. The van der Waals surface area contributed by atoms with E-state index in [0.29, 0.717) is 22.9 Å². The minimum Gasteiger partial charge on any atom is -0.487 e. The van der Waals surface area contributed by atoms with Gasteiger partial charge in [-0.1, -0.05) is 15.9 Å². The predicted octanol–water partition coefficient (Wildman–Crippen LogP) is 3.07. The lowest BCUT2D eigenvalue weighted by Crippen LogP contribution is -2.34. The molecule has 1 rings (SSSR count). The molecule has 0 heterocycles. The van der Waals surface area contributed by atoms with Crippen molar-refractivity contribution in [3.8, 4) is 11.8 Å². The van der Waals surface area contributed by atoms with Crippen molar-refractivity contribution in [1.82, 2.24) is 0 Å².